The third kappa shape index (κ3) is 1.05. The van der Waals surface area contributed by atoms with Crippen LogP contribution in [0.3, 0.4) is 0 Å². The van der Waals surface area contributed by atoms with Gasteiger partial charge < -0.3 is 0 Å². The molecule has 0 N–H and O–H groups in total. The predicted octanol–water partition coefficient (Wildman–Crippen LogP) is 2.31. The summed E-state index contributed by atoms with van der Waals surface area (Å²) < 4.78 is 0.547. The Morgan fingerprint density at radius 2 is 2.00 bits per heavy atom. The lowest BCUT2D eigenvalue weighted by molar-refractivity contribution is 1.14. The van der Waals surface area contributed by atoms with Crippen molar-refractivity contribution in [1.82, 2.24) is 0 Å². The largest absolute Gasteiger partial charge is 0.139 e. The van der Waals surface area contributed by atoms with E-state index in [0.717, 1.165) is 0 Å². The van der Waals surface area contributed by atoms with Crippen molar-refractivity contribution in [2.24, 2.45) is 0 Å². The monoisotopic (exact) mass is 156 g/mol. The minimum Gasteiger partial charge on any atom is -0.0809 e. The Kier molecular flexibility index (Phi) is 1.64. The van der Waals surface area contributed by atoms with E-state index < -0.39 is 0 Å². The normalized spacial score (nSPS) is 21.2. The molecule has 0 nitrogen and oxygen atoms in total. The van der Waals surface area contributed by atoms with Crippen LogP contribution in [0.25, 0.3) is 6.08 Å². The van der Waals surface area contributed by atoms with Crippen LogP contribution in [0.4, 0.5) is 0 Å². The average Bonchev–Trinajstić information content (AvgIpc) is 2.30. The van der Waals surface area contributed by atoms with Crippen LogP contribution in [0.5, 0.6) is 0 Å². The van der Waals surface area contributed by atoms with Crippen molar-refractivity contribution in [1.29, 1.82) is 0 Å². The molecule has 1 heteroatoms. The van der Waals surface area contributed by atoms with Crippen LogP contribution in [0.15, 0.2) is 29.8 Å². The molecule has 0 saturated carbocycles. The molecule has 0 spiro atoms. The summed E-state index contributed by atoms with van der Waals surface area (Å²) in [6, 6.07) is 8.55. The zero-order valence-electron chi connectivity index (χ0n) is 6.54. The van der Waals surface area contributed by atoms with Gasteiger partial charge in [-0.3, -0.25) is 0 Å². The summed E-state index contributed by atoms with van der Waals surface area (Å²) in [6.45, 7) is 2.18. The molecule has 11 heavy (non-hydrogen) atoms. The molecule has 52 valence electrons. The molecule has 2 rings (SSSR count). The third-order valence-corrected chi connectivity index (χ3v) is 3.09. The van der Waals surface area contributed by atoms with Gasteiger partial charge in [-0.2, -0.15) is 0 Å². The maximum absolute atomic E-state index is 2.87. The van der Waals surface area contributed by atoms with Crippen molar-refractivity contribution >= 4 is 22.4 Å². The van der Waals surface area contributed by atoms with E-state index in [1.807, 2.05) is 0 Å². The Hall–Kier alpha value is -0.508. The van der Waals surface area contributed by atoms with Crippen molar-refractivity contribution < 1.29 is 0 Å². The Bertz CT molecular complexity index is 312. The topological polar surface area (TPSA) is 0 Å². The summed E-state index contributed by atoms with van der Waals surface area (Å²) in [4.78, 5) is 0. The molecule has 2 radical (unpaired) electrons. The van der Waals surface area contributed by atoms with Crippen molar-refractivity contribution in [2.45, 2.75) is 11.7 Å². The summed E-state index contributed by atoms with van der Waals surface area (Å²) in [5, 5.41) is 0. The molecular weight excluding hydrogens is 147 g/mol. The Morgan fingerprint density at radius 1 is 1.27 bits per heavy atom. The maximum Gasteiger partial charge on any atom is 0.139 e. The molecule has 0 aromatic heterocycles. The zero-order chi connectivity index (χ0) is 7.84. The second kappa shape index (κ2) is 2.52. The summed E-state index contributed by atoms with van der Waals surface area (Å²) >= 11 is 2.87. The molecule has 1 aromatic rings. The number of hydrogen-bond donors (Lipinski definition) is 0. The molecule has 0 fully saturated rings. The molecule has 0 bridgehead atoms. The highest BCUT2D eigenvalue weighted by Gasteiger charge is 2.15. The average molecular weight is 156 g/mol. The van der Waals surface area contributed by atoms with Crippen molar-refractivity contribution in [3.63, 3.8) is 0 Å². The van der Waals surface area contributed by atoms with Crippen molar-refractivity contribution in [3.05, 3.63) is 41.0 Å². The number of hydrogen-bond acceptors (Lipinski definition) is 0. The molecule has 0 heterocycles. The highest BCUT2D eigenvalue weighted by molar-refractivity contribution is 6.16. The predicted molar refractivity (Wildman–Crippen MR) is 48.6 cm³/mol. The molecule has 1 aromatic carbocycles. The summed E-state index contributed by atoms with van der Waals surface area (Å²) in [5.41, 5.74) is 4.26. The minimum absolute atomic E-state index is 0.547. The number of benzene rings is 1. The van der Waals surface area contributed by atoms with Gasteiger partial charge in [0.2, 0.25) is 0 Å². The van der Waals surface area contributed by atoms with Gasteiger partial charge in [-0.1, -0.05) is 40.7 Å². The van der Waals surface area contributed by atoms with E-state index >= 15 is 0 Å². The Labute approximate surface area is 75.4 Å². The fourth-order valence-corrected chi connectivity index (χ4v) is 1.91. The van der Waals surface area contributed by atoms with E-state index in [0.29, 0.717) is 4.78 Å². The summed E-state index contributed by atoms with van der Waals surface area (Å²) in [6.07, 6.45) is 2.26. The molecule has 1 aliphatic rings. The molecule has 0 amide bonds. The van der Waals surface area contributed by atoms with E-state index in [-0.39, 0.29) is 0 Å². The SMILES string of the molecule is CC1=Cc2ccccc2[CH]1[Al]. The van der Waals surface area contributed by atoms with Gasteiger partial charge in [0.25, 0.3) is 0 Å². The molecule has 0 aliphatic heterocycles. The fraction of sp³-hybridized carbons (Fsp3) is 0.200. The summed E-state index contributed by atoms with van der Waals surface area (Å²) in [7, 11) is 0. The van der Waals surface area contributed by atoms with Crippen LogP contribution >= 0.6 is 0 Å². The number of rotatable bonds is 0. The van der Waals surface area contributed by atoms with Crippen LogP contribution in [0.2, 0.25) is 0 Å². The van der Waals surface area contributed by atoms with Gasteiger partial charge >= 0.3 is 0 Å². The van der Waals surface area contributed by atoms with Crippen LogP contribution < -0.4 is 0 Å². The first-order valence-electron chi connectivity index (χ1n) is 3.82. The lowest BCUT2D eigenvalue weighted by Crippen LogP contribution is -1.94. The maximum atomic E-state index is 2.87. The first-order chi connectivity index (χ1) is 5.29. The number of allylic oxidation sites excluding steroid dienone is 1. The highest BCUT2D eigenvalue weighted by Crippen LogP contribution is 2.32. The lowest BCUT2D eigenvalue weighted by atomic mass is 10.1. The zero-order valence-corrected chi connectivity index (χ0v) is 7.70. The van der Waals surface area contributed by atoms with E-state index in [1.165, 1.54) is 16.7 Å². The fourth-order valence-electron chi connectivity index (χ4n) is 1.51. The highest BCUT2D eigenvalue weighted by atomic mass is 27.0. The molecular formula is C10H9Al. The Balaban J connectivity index is 2.58. The van der Waals surface area contributed by atoms with Crippen molar-refractivity contribution in [2.75, 3.05) is 0 Å². The lowest BCUT2D eigenvalue weighted by Gasteiger charge is -2.06. The molecule has 0 saturated heterocycles. The second-order valence-electron chi connectivity index (χ2n) is 2.99. The number of fused-ring (bicyclic) bond motifs is 1. The Morgan fingerprint density at radius 3 is 2.73 bits per heavy atom. The van der Waals surface area contributed by atoms with Gasteiger partial charge in [0.15, 0.2) is 0 Å². The van der Waals surface area contributed by atoms with Gasteiger partial charge in [-0.15, -0.1) is 0 Å². The van der Waals surface area contributed by atoms with E-state index in [4.69, 9.17) is 0 Å². The van der Waals surface area contributed by atoms with E-state index in [2.05, 4.69) is 53.6 Å². The molecule has 1 aliphatic carbocycles. The van der Waals surface area contributed by atoms with E-state index in [9.17, 15) is 0 Å². The van der Waals surface area contributed by atoms with Crippen LogP contribution in [-0.4, -0.2) is 16.3 Å². The first-order valence-corrected chi connectivity index (χ1v) is 4.48. The van der Waals surface area contributed by atoms with Gasteiger partial charge in [0.1, 0.15) is 16.3 Å². The minimum atomic E-state index is 0.547. The molecule has 1 unspecified atom stereocenters. The van der Waals surface area contributed by atoms with Crippen LogP contribution in [0.1, 0.15) is 22.8 Å². The third-order valence-electron chi connectivity index (χ3n) is 2.20. The van der Waals surface area contributed by atoms with Gasteiger partial charge in [0, 0.05) is 0 Å². The molecule has 1 atom stereocenters. The standard InChI is InChI=1S/C10H9.Al/c1-8-6-9-4-2-3-5-10(9)7-8;/h2-7H,1H3;. The smallest absolute Gasteiger partial charge is 0.0809 e. The van der Waals surface area contributed by atoms with Gasteiger partial charge in [-0.05, 0) is 18.1 Å². The van der Waals surface area contributed by atoms with Gasteiger partial charge in [-0.25, -0.2) is 0 Å². The van der Waals surface area contributed by atoms with Gasteiger partial charge in [0.05, 0.1) is 0 Å². The van der Waals surface area contributed by atoms with Crippen LogP contribution in [-0.2, 0) is 0 Å². The quantitative estimate of drug-likeness (QED) is 0.505. The van der Waals surface area contributed by atoms with E-state index in [1.54, 1.807) is 0 Å². The summed E-state index contributed by atoms with van der Waals surface area (Å²) in [5.74, 6) is 0. The van der Waals surface area contributed by atoms with Crippen LogP contribution in [0, 0.1) is 0 Å². The first kappa shape index (κ1) is 7.16. The second-order valence-corrected chi connectivity index (χ2v) is 3.66. The van der Waals surface area contributed by atoms with Crippen molar-refractivity contribution in [3.8, 4) is 0 Å².